The van der Waals surface area contributed by atoms with Crippen molar-refractivity contribution < 1.29 is 17.9 Å². The van der Waals surface area contributed by atoms with Crippen LogP contribution in [0.4, 0.5) is 0 Å². The molecule has 0 saturated carbocycles. The predicted octanol–water partition coefficient (Wildman–Crippen LogP) is 2.09. The van der Waals surface area contributed by atoms with Crippen molar-refractivity contribution in [1.29, 1.82) is 0 Å². The van der Waals surface area contributed by atoms with Crippen LogP contribution in [0.1, 0.15) is 28.9 Å². The number of amides is 1. The average Bonchev–Trinajstić information content (AvgIpc) is 2.61. The Kier molecular flexibility index (Phi) is 5.58. The highest BCUT2D eigenvalue weighted by molar-refractivity contribution is 7.89. The molecule has 0 unspecified atom stereocenters. The topological polar surface area (TPSA) is 84.5 Å². The summed E-state index contributed by atoms with van der Waals surface area (Å²) in [6, 6.07) is 13.0. The number of hydrogen-bond donors (Lipinski definition) is 2. The largest absolute Gasteiger partial charge is 0.497 e. The molecule has 1 amide bonds. The number of ether oxygens (including phenoxy) is 1. The Morgan fingerprint density at radius 2 is 1.79 bits per heavy atom. The van der Waals surface area contributed by atoms with Crippen LogP contribution in [-0.2, 0) is 10.0 Å². The quantitative estimate of drug-likeness (QED) is 0.837. The lowest BCUT2D eigenvalue weighted by Gasteiger charge is -2.15. The first kappa shape index (κ1) is 18.0. The number of nitrogens with one attached hydrogen (secondary N) is 2. The highest BCUT2D eigenvalue weighted by Gasteiger charge is 2.16. The first-order valence-electron chi connectivity index (χ1n) is 7.36. The van der Waals surface area contributed by atoms with Gasteiger partial charge in [-0.2, -0.15) is 0 Å². The summed E-state index contributed by atoms with van der Waals surface area (Å²) in [6.45, 7) is 1.86. The van der Waals surface area contributed by atoms with Crippen LogP contribution in [0.3, 0.4) is 0 Å². The van der Waals surface area contributed by atoms with Gasteiger partial charge in [0, 0.05) is 5.56 Å². The maximum absolute atomic E-state index is 12.4. The summed E-state index contributed by atoms with van der Waals surface area (Å²) in [5.74, 6) is 0.397. The van der Waals surface area contributed by atoms with E-state index in [0.717, 1.165) is 11.3 Å². The highest BCUT2D eigenvalue weighted by Crippen LogP contribution is 2.18. The molecule has 2 aromatic carbocycles. The van der Waals surface area contributed by atoms with Crippen LogP contribution >= 0.6 is 0 Å². The van der Waals surface area contributed by atoms with Crippen LogP contribution in [0.25, 0.3) is 0 Å². The van der Waals surface area contributed by atoms with Gasteiger partial charge in [-0.3, -0.25) is 4.79 Å². The fourth-order valence-electron chi connectivity index (χ4n) is 2.18. The normalized spacial score (nSPS) is 12.5. The first-order valence-corrected chi connectivity index (χ1v) is 8.84. The second kappa shape index (κ2) is 7.46. The lowest BCUT2D eigenvalue weighted by atomic mass is 10.1. The number of hydrogen-bond acceptors (Lipinski definition) is 4. The Morgan fingerprint density at radius 1 is 1.12 bits per heavy atom. The van der Waals surface area contributed by atoms with Crippen molar-refractivity contribution >= 4 is 15.9 Å². The third-order valence-electron chi connectivity index (χ3n) is 3.64. The van der Waals surface area contributed by atoms with Gasteiger partial charge in [-0.05, 0) is 49.9 Å². The summed E-state index contributed by atoms with van der Waals surface area (Å²) >= 11 is 0. The Hall–Kier alpha value is -2.38. The van der Waals surface area contributed by atoms with E-state index < -0.39 is 10.0 Å². The molecule has 1 atom stereocenters. The highest BCUT2D eigenvalue weighted by atomic mass is 32.2. The molecule has 0 aliphatic carbocycles. The van der Waals surface area contributed by atoms with Gasteiger partial charge in [0.2, 0.25) is 10.0 Å². The lowest BCUT2D eigenvalue weighted by molar-refractivity contribution is 0.0939. The van der Waals surface area contributed by atoms with E-state index in [1.165, 1.54) is 25.2 Å². The van der Waals surface area contributed by atoms with E-state index in [9.17, 15) is 13.2 Å². The van der Waals surface area contributed by atoms with E-state index in [-0.39, 0.29) is 22.4 Å². The van der Waals surface area contributed by atoms with Gasteiger partial charge >= 0.3 is 0 Å². The van der Waals surface area contributed by atoms with Crippen LogP contribution in [-0.4, -0.2) is 28.5 Å². The van der Waals surface area contributed by atoms with E-state index in [4.69, 9.17) is 4.74 Å². The second-order valence-corrected chi connectivity index (χ2v) is 7.09. The Bertz CT molecular complexity index is 817. The Morgan fingerprint density at radius 3 is 2.38 bits per heavy atom. The van der Waals surface area contributed by atoms with Gasteiger partial charge in [-0.25, -0.2) is 13.1 Å². The minimum atomic E-state index is -3.59. The Labute approximate surface area is 141 Å². The van der Waals surface area contributed by atoms with Gasteiger partial charge in [0.15, 0.2) is 0 Å². The molecule has 0 saturated heterocycles. The zero-order valence-electron chi connectivity index (χ0n) is 13.7. The molecule has 0 radical (unpaired) electrons. The molecule has 2 aromatic rings. The monoisotopic (exact) mass is 348 g/mol. The number of methoxy groups -OCH3 is 1. The summed E-state index contributed by atoms with van der Waals surface area (Å²) < 4.78 is 31.0. The van der Waals surface area contributed by atoms with Gasteiger partial charge in [-0.1, -0.05) is 18.2 Å². The molecule has 0 aromatic heterocycles. The second-order valence-electron chi connectivity index (χ2n) is 5.20. The minimum absolute atomic E-state index is 0.0507. The third kappa shape index (κ3) is 4.12. The SMILES string of the molecule is CNS(=O)(=O)c1cccc(C(=O)N[C@H](C)c2ccc(OC)cc2)c1. The fourth-order valence-corrected chi connectivity index (χ4v) is 2.95. The van der Waals surface area contributed by atoms with Crippen LogP contribution in [0.2, 0.25) is 0 Å². The van der Waals surface area contributed by atoms with E-state index in [2.05, 4.69) is 10.0 Å². The number of sulfonamides is 1. The van der Waals surface area contributed by atoms with Crippen molar-refractivity contribution in [2.75, 3.05) is 14.2 Å². The van der Waals surface area contributed by atoms with Gasteiger partial charge in [-0.15, -0.1) is 0 Å². The standard InChI is InChI=1S/C17H20N2O4S/c1-12(13-7-9-15(23-3)10-8-13)19-17(20)14-5-4-6-16(11-14)24(21,22)18-2/h4-12,18H,1-3H3,(H,19,20)/t12-/m1/s1. The summed E-state index contributed by atoms with van der Waals surface area (Å²) in [7, 11) is -0.670. The van der Waals surface area contributed by atoms with Crippen molar-refractivity contribution in [1.82, 2.24) is 10.0 Å². The fraction of sp³-hybridized carbons (Fsp3) is 0.235. The summed E-state index contributed by atoms with van der Waals surface area (Å²) in [5.41, 5.74) is 1.20. The van der Waals surface area contributed by atoms with Gasteiger partial charge in [0.25, 0.3) is 5.91 Å². The molecule has 0 fully saturated rings. The lowest BCUT2D eigenvalue weighted by Crippen LogP contribution is -2.27. The van der Waals surface area contributed by atoms with Crippen molar-refractivity contribution in [3.63, 3.8) is 0 Å². The number of rotatable bonds is 6. The van der Waals surface area contributed by atoms with Crippen LogP contribution < -0.4 is 14.8 Å². The molecule has 2 N–H and O–H groups in total. The van der Waals surface area contributed by atoms with Crippen molar-refractivity contribution in [3.8, 4) is 5.75 Å². The van der Waals surface area contributed by atoms with Crippen LogP contribution in [0.5, 0.6) is 5.75 Å². The summed E-state index contributed by atoms with van der Waals surface area (Å²) in [5, 5.41) is 2.85. The van der Waals surface area contributed by atoms with E-state index in [1.807, 2.05) is 31.2 Å². The zero-order chi connectivity index (χ0) is 17.7. The third-order valence-corrected chi connectivity index (χ3v) is 5.05. The average molecular weight is 348 g/mol. The molecule has 128 valence electrons. The molecule has 6 nitrogen and oxygen atoms in total. The van der Waals surface area contributed by atoms with Crippen LogP contribution in [0, 0.1) is 0 Å². The molecule has 2 rings (SSSR count). The molecule has 0 heterocycles. The smallest absolute Gasteiger partial charge is 0.251 e. The zero-order valence-corrected chi connectivity index (χ0v) is 14.6. The molecular formula is C17H20N2O4S. The van der Waals surface area contributed by atoms with Gasteiger partial charge < -0.3 is 10.1 Å². The maximum Gasteiger partial charge on any atom is 0.251 e. The number of carbonyl (C=O) groups is 1. The van der Waals surface area contributed by atoms with E-state index in [0.29, 0.717) is 0 Å². The maximum atomic E-state index is 12.4. The van der Waals surface area contributed by atoms with Crippen molar-refractivity contribution in [2.24, 2.45) is 0 Å². The van der Waals surface area contributed by atoms with Gasteiger partial charge in [0.1, 0.15) is 5.75 Å². The molecule has 0 spiro atoms. The Balaban J connectivity index is 2.15. The molecule has 24 heavy (non-hydrogen) atoms. The molecule has 0 aliphatic heterocycles. The first-order chi connectivity index (χ1) is 11.4. The van der Waals surface area contributed by atoms with E-state index in [1.54, 1.807) is 13.2 Å². The number of carbonyl (C=O) groups excluding carboxylic acids is 1. The number of benzene rings is 2. The molecular weight excluding hydrogens is 328 g/mol. The van der Waals surface area contributed by atoms with Crippen molar-refractivity contribution in [2.45, 2.75) is 17.9 Å². The molecule has 7 heteroatoms. The van der Waals surface area contributed by atoms with Gasteiger partial charge in [0.05, 0.1) is 18.0 Å². The molecule has 0 bridgehead atoms. The summed E-state index contributed by atoms with van der Waals surface area (Å²) in [6.07, 6.45) is 0. The minimum Gasteiger partial charge on any atom is -0.497 e. The van der Waals surface area contributed by atoms with E-state index >= 15 is 0 Å². The summed E-state index contributed by atoms with van der Waals surface area (Å²) in [4.78, 5) is 12.4. The van der Waals surface area contributed by atoms with Crippen LogP contribution in [0.15, 0.2) is 53.4 Å². The molecule has 0 aliphatic rings. The van der Waals surface area contributed by atoms with Crippen molar-refractivity contribution in [3.05, 3.63) is 59.7 Å². The predicted molar refractivity (Wildman–Crippen MR) is 91.6 cm³/mol.